The van der Waals surface area contributed by atoms with Gasteiger partial charge in [0.15, 0.2) is 6.10 Å². The Morgan fingerprint density at radius 2 is 1.12 bits per heavy atom. The van der Waals surface area contributed by atoms with E-state index in [1.807, 2.05) is 96.1 Å². The van der Waals surface area contributed by atoms with E-state index in [0.717, 1.165) is 38.9 Å². The number of aryl methyl sites for hydroxylation is 6. The molecule has 0 bridgehead atoms. The van der Waals surface area contributed by atoms with Crippen molar-refractivity contribution in [3.63, 3.8) is 0 Å². The monoisotopic (exact) mass is 430 g/mol. The number of ether oxygens (including phenoxy) is 2. The SMILES string of the molecule is Cc1cc(C)c(C(=O)OC[C@@H](OC(=O)c2c(C)cc(C)cc2C)c2ccccc2)c(C)c1. The maximum absolute atomic E-state index is 13.1. The second-order valence-corrected chi connectivity index (χ2v) is 8.45. The smallest absolute Gasteiger partial charge is 0.339 e. The third-order valence-electron chi connectivity index (χ3n) is 5.55. The molecule has 0 heterocycles. The molecule has 0 aliphatic heterocycles. The molecule has 0 N–H and O–H groups in total. The van der Waals surface area contributed by atoms with Crippen LogP contribution in [0.3, 0.4) is 0 Å². The van der Waals surface area contributed by atoms with E-state index in [1.54, 1.807) is 0 Å². The topological polar surface area (TPSA) is 52.6 Å². The Labute approximate surface area is 190 Å². The van der Waals surface area contributed by atoms with Crippen LogP contribution in [-0.4, -0.2) is 18.5 Å². The van der Waals surface area contributed by atoms with Crippen LogP contribution in [0.1, 0.15) is 65.8 Å². The molecule has 0 saturated heterocycles. The van der Waals surface area contributed by atoms with Crippen molar-refractivity contribution >= 4 is 11.9 Å². The van der Waals surface area contributed by atoms with E-state index in [4.69, 9.17) is 9.47 Å². The highest BCUT2D eigenvalue weighted by Gasteiger charge is 2.24. The predicted molar refractivity (Wildman–Crippen MR) is 126 cm³/mol. The number of hydrogen-bond donors (Lipinski definition) is 0. The Kier molecular flexibility index (Phi) is 7.14. The molecule has 0 saturated carbocycles. The Bertz CT molecular complexity index is 1100. The van der Waals surface area contributed by atoms with Gasteiger partial charge in [-0.2, -0.15) is 0 Å². The van der Waals surface area contributed by atoms with Gasteiger partial charge in [0.05, 0.1) is 11.1 Å². The minimum Gasteiger partial charge on any atom is -0.458 e. The van der Waals surface area contributed by atoms with Crippen LogP contribution in [0, 0.1) is 41.5 Å². The van der Waals surface area contributed by atoms with E-state index in [9.17, 15) is 9.59 Å². The summed E-state index contributed by atoms with van der Waals surface area (Å²) in [7, 11) is 0. The molecule has 4 heteroatoms. The molecule has 3 rings (SSSR count). The zero-order valence-electron chi connectivity index (χ0n) is 19.6. The highest BCUT2D eigenvalue weighted by atomic mass is 16.6. The van der Waals surface area contributed by atoms with Gasteiger partial charge in [-0.1, -0.05) is 65.7 Å². The van der Waals surface area contributed by atoms with Gasteiger partial charge in [0.1, 0.15) is 6.61 Å². The molecule has 0 fully saturated rings. The minimum atomic E-state index is -0.709. The van der Waals surface area contributed by atoms with Crippen molar-refractivity contribution in [1.82, 2.24) is 0 Å². The van der Waals surface area contributed by atoms with Crippen molar-refractivity contribution in [3.8, 4) is 0 Å². The summed E-state index contributed by atoms with van der Waals surface area (Å²) in [5.74, 6) is -0.840. The van der Waals surface area contributed by atoms with Crippen LogP contribution in [0.25, 0.3) is 0 Å². The molecule has 4 nitrogen and oxygen atoms in total. The van der Waals surface area contributed by atoms with E-state index in [0.29, 0.717) is 11.1 Å². The number of esters is 2. The van der Waals surface area contributed by atoms with E-state index in [2.05, 4.69) is 0 Å². The van der Waals surface area contributed by atoms with Gasteiger partial charge in [-0.05, 0) is 69.4 Å². The average Bonchev–Trinajstić information content (AvgIpc) is 2.70. The van der Waals surface area contributed by atoms with Gasteiger partial charge >= 0.3 is 11.9 Å². The van der Waals surface area contributed by atoms with Crippen molar-refractivity contribution in [2.45, 2.75) is 47.6 Å². The minimum absolute atomic E-state index is 0.0642. The third-order valence-corrected chi connectivity index (χ3v) is 5.55. The maximum Gasteiger partial charge on any atom is 0.339 e. The fourth-order valence-corrected chi connectivity index (χ4v) is 4.28. The van der Waals surface area contributed by atoms with Crippen LogP contribution in [0.15, 0.2) is 54.6 Å². The van der Waals surface area contributed by atoms with E-state index in [1.165, 1.54) is 0 Å². The number of hydrogen-bond acceptors (Lipinski definition) is 4. The Morgan fingerprint density at radius 1 is 0.688 bits per heavy atom. The second-order valence-electron chi connectivity index (χ2n) is 8.45. The molecule has 166 valence electrons. The number of carbonyl (C=O) groups excluding carboxylic acids is 2. The summed E-state index contributed by atoms with van der Waals surface area (Å²) in [5.41, 5.74) is 7.52. The fraction of sp³-hybridized carbons (Fsp3) is 0.286. The van der Waals surface area contributed by atoms with E-state index < -0.39 is 18.0 Å². The molecule has 0 amide bonds. The summed E-state index contributed by atoms with van der Waals surface area (Å²) < 4.78 is 11.5. The van der Waals surface area contributed by atoms with Crippen molar-refractivity contribution in [3.05, 3.63) is 105 Å². The molecule has 0 unspecified atom stereocenters. The largest absolute Gasteiger partial charge is 0.458 e. The standard InChI is InChI=1S/C28H30O4/c1-17-12-19(3)25(20(4)13-17)27(29)31-16-24(23-10-8-7-9-11-23)32-28(30)26-21(5)14-18(2)15-22(26)6/h7-15,24H,16H2,1-6H3/t24-/m1/s1. The lowest BCUT2D eigenvalue weighted by atomic mass is 10.00. The second kappa shape index (κ2) is 9.82. The molecule has 0 aromatic heterocycles. The summed E-state index contributed by atoms with van der Waals surface area (Å²) in [5, 5.41) is 0. The van der Waals surface area contributed by atoms with Gasteiger partial charge in [-0.25, -0.2) is 9.59 Å². The van der Waals surface area contributed by atoms with Gasteiger partial charge in [0.25, 0.3) is 0 Å². The normalized spacial score (nSPS) is 11.7. The van der Waals surface area contributed by atoms with Crippen molar-refractivity contribution in [1.29, 1.82) is 0 Å². The van der Waals surface area contributed by atoms with Crippen molar-refractivity contribution < 1.29 is 19.1 Å². The summed E-state index contributed by atoms with van der Waals surface area (Å²) in [6.45, 7) is 11.5. The molecule has 3 aromatic carbocycles. The fourth-order valence-electron chi connectivity index (χ4n) is 4.28. The van der Waals surface area contributed by atoms with Gasteiger partial charge in [-0.3, -0.25) is 0 Å². The summed E-state index contributed by atoms with van der Waals surface area (Å²) >= 11 is 0. The lowest BCUT2D eigenvalue weighted by Gasteiger charge is -2.20. The first-order chi connectivity index (χ1) is 15.2. The number of rotatable bonds is 6. The van der Waals surface area contributed by atoms with Crippen molar-refractivity contribution in [2.24, 2.45) is 0 Å². The first-order valence-corrected chi connectivity index (χ1v) is 10.8. The summed E-state index contributed by atoms with van der Waals surface area (Å²) in [6, 6.07) is 17.2. The third kappa shape index (κ3) is 5.25. The number of benzene rings is 3. The van der Waals surface area contributed by atoms with Crippen LogP contribution >= 0.6 is 0 Å². The lowest BCUT2D eigenvalue weighted by Crippen LogP contribution is -2.21. The molecular formula is C28H30O4. The highest BCUT2D eigenvalue weighted by Crippen LogP contribution is 2.25. The molecule has 0 spiro atoms. The van der Waals surface area contributed by atoms with E-state index in [-0.39, 0.29) is 6.61 Å². The van der Waals surface area contributed by atoms with Gasteiger partial charge in [0.2, 0.25) is 0 Å². The molecule has 0 radical (unpaired) electrons. The maximum atomic E-state index is 13.1. The van der Waals surface area contributed by atoms with Gasteiger partial charge in [-0.15, -0.1) is 0 Å². The Hall–Kier alpha value is -3.40. The summed E-state index contributed by atoms with van der Waals surface area (Å²) in [6.07, 6.45) is -0.709. The Morgan fingerprint density at radius 3 is 1.59 bits per heavy atom. The van der Waals surface area contributed by atoms with E-state index >= 15 is 0 Å². The van der Waals surface area contributed by atoms with Crippen LogP contribution < -0.4 is 0 Å². The molecule has 32 heavy (non-hydrogen) atoms. The molecule has 3 aromatic rings. The molecule has 0 aliphatic rings. The van der Waals surface area contributed by atoms with Crippen LogP contribution in [0.4, 0.5) is 0 Å². The predicted octanol–water partition coefficient (Wildman–Crippen LogP) is 6.29. The van der Waals surface area contributed by atoms with Crippen LogP contribution in [0.2, 0.25) is 0 Å². The summed E-state index contributed by atoms with van der Waals surface area (Å²) in [4.78, 5) is 26.0. The molecular weight excluding hydrogens is 400 g/mol. The highest BCUT2D eigenvalue weighted by molar-refractivity contribution is 5.93. The Balaban J connectivity index is 1.84. The van der Waals surface area contributed by atoms with Crippen LogP contribution in [0.5, 0.6) is 0 Å². The zero-order valence-corrected chi connectivity index (χ0v) is 19.6. The lowest BCUT2D eigenvalue weighted by molar-refractivity contribution is -0.00152. The first-order valence-electron chi connectivity index (χ1n) is 10.8. The quantitative estimate of drug-likeness (QED) is 0.431. The zero-order chi connectivity index (χ0) is 23.4. The van der Waals surface area contributed by atoms with Crippen LogP contribution in [-0.2, 0) is 9.47 Å². The van der Waals surface area contributed by atoms with Crippen molar-refractivity contribution in [2.75, 3.05) is 6.61 Å². The average molecular weight is 431 g/mol. The first kappa shape index (κ1) is 23.3. The molecule has 1 atom stereocenters. The molecule has 0 aliphatic carbocycles. The van der Waals surface area contributed by atoms with Gasteiger partial charge < -0.3 is 9.47 Å². The number of carbonyl (C=O) groups is 2. The van der Waals surface area contributed by atoms with Gasteiger partial charge in [0, 0.05) is 0 Å².